The lowest BCUT2D eigenvalue weighted by atomic mass is 10.0. The number of rotatable bonds is 9. The second-order valence-electron chi connectivity index (χ2n) is 6.00. The molecule has 0 saturated carbocycles. The molecule has 0 spiro atoms. The standard InChI is InChI=1S/C18H25N3O5/c1-12(2)7-16(17(22)20-6-5-19)21-18(23)26-11-13-8-14(24-3)10-15(9-13)25-4/h8-10,12,16H,6-7,11H2,1-4H3,(H,20,22)(H,21,23)/t16-/m0/s1. The molecule has 0 unspecified atom stereocenters. The first-order valence-electron chi connectivity index (χ1n) is 8.19. The first-order valence-corrected chi connectivity index (χ1v) is 8.19. The summed E-state index contributed by atoms with van der Waals surface area (Å²) in [5.74, 6) is 0.921. The lowest BCUT2D eigenvalue weighted by Gasteiger charge is -2.19. The Morgan fingerprint density at radius 1 is 1.15 bits per heavy atom. The van der Waals surface area contributed by atoms with Crippen LogP contribution >= 0.6 is 0 Å². The largest absolute Gasteiger partial charge is 0.497 e. The van der Waals surface area contributed by atoms with Crippen molar-refractivity contribution in [2.75, 3.05) is 20.8 Å². The number of benzene rings is 1. The van der Waals surface area contributed by atoms with E-state index in [-0.39, 0.29) is 19.1 Å². The van der Waals surface area contributed by atoms with Crippen LogP contribution in [0.2, 0.25) is 0 Å². The van der Waals surface area contributed by atoms with Crippen LogP contribution in [0.15, 0.2) is 18.2 Å². The zero-order valence-corrected chi connectivity index (χ0v) is 15.5. The zero-order valence-electron chi connectivity index (χ0n) is 15.5. The summed E-state index contributed by atoms with van der Waals surface area (Å²) in [6.07, 6.45) is -0.288. The zero-order chi connectivity index (χ0) is 19.5. The molecule has 1 aromatic carbocycles. The molecule has 26 heavy (non-hydrogen) atoms. The summed E-state index contributed by atoms with van der Waals surface area (Å²) in [5, 5.41) is 13.5. The summed E-state index contributed by atoms with van der Waals surface area (Å²) in [4.78, 5) is 24.1. The van der Waals surface area contributed by atoms with Gasteiger partial charge in [0.25, 0.3) is 0 Å². The first kappa shape index (κ1) is 21.1. The number of carbonyl (C=O) groups is 2. The molecule has 1 atom stereocenters. The second kappa shape index (κ2) is 10.8. The van der Waals surface area contributed by atoms with Crippen molar-refractivity contribution in [3.8, 4) is 17.6 Å². The SMILES string of the molecule is COc1cc(COC(=O)N[C@@H](CC(C)C)C(=O)NCC#N)cc(OC)c1. The van der Waals surface area contributed by atoms with E-state index in [1.54, 1.807) is 18.2 Å². The highest BCUT2D eigenvalue weighted by Crippen LogP contribution is 2.22. The van der Waals surface area contributed by atoms with Gasteiger partial charge in [-0.2, -0.15) is 5.26 Å². The maximum absolute atomic E-state index is 12.1. The van der Waals surface area contributed by atoms with Crippen LogP contribution in [0.4, 0.5) is 4.79 Å². The lowest BCUT2D eigenvalue weighted by Crippen LogP contribution is -2.47. The van der Waals surface area contributed by atoms with Crippen LogP contribution in [-0.4, -0.2) is 38.8 Å². The molecular formula is C18H25N3O5. The Labute approximate surface area is 153 Å². The van der Waals surface area contributed by atoms with Gasteiger partial charge in [-0.05, 0) is 30.0 Å². The second-order valence-corrected chi connectivity index (χ2v) is 6.00. The number of amides is 2. The van der Waals surface area contributed by atoms with Crippen LogP contribution in [0.3, 0.4) is 0 Å². The summed E-state index contributed by atoms with van der Waals surface area (Å²) in [7, 11) is 3.06. The maximum atomic E-state index is 12.1. The Balaban J connectivity index is 2.67. The fraction of sp³-hybridized carbons (Fsp3) is 0.500. The number of methoxy groups -OCH3 is 2. The number of hydrogen-bond donors (Lipinski definition) is 2. The Morgan fingerprint density at radius 3 is 2.27 bits per heavy atom. The summed E-state index contributed by atoms with van der Waals surface area (Å²) in [5.41, 5.74) is 0.686. The number of hydrogen-bond acceptors (Lipinski definition) is 6. The lowest BCUT2D eigenvalue weighted by molar-refractivity contribution is -0.123. The van der Waals surface area contributed by atoms with Gasteiger partial charge in [-0.25, -0.2) is 4.79 Å². The quantitative estimate of drug-likeness (QED) is 0.649. The molecule has 0 aliphatic rings. The molecule has 8 nitrogen and oxygen atoms in total. The molecule has 1 aromatic rings. The van der Waals surface area contributed by atoms with Gasteiger partial charge in [-0.3, -0.25) is 4.79 Å². The average Bonchev–Trinajstić information content (AvgIpc) is 2.63. The van der Waals surface area contributed by atoms with Gasteiger partial charge in [0.2, 0.25) is 5.91 Å². The summed E-state index contributed by atoms with van der Waals surface area (Å²) >= 11 is 0. The Kier molecular flexibility index (Phi) is 8.78. The van der Waals surface area contributed by atoms with Gasteiger partial charge in [0.1, 0.15) is 30.7 Å². The van der Waals surface area contributed by atoms with Crippen molar-refractivity contribution in [1.29, 1.82) is 5.26 Å². The van der Waals surface area contributed by atoms with Crippen LogP contribution in [-0.2, 0) is 16.1 Å². The van der Waals surface area contributed by atoms with Gasteiger partial charge in [0.15, 0.2) is 0 Å². The highest BCUT2D eigenvalue weighted by molar-refractivity contribution is 5.85. The van der Waals surface area contributed by atoms with Gasteiger partial charge < -0.3 is 24.8 Å². The van der Waals surface area contributed by atoms with E-state index in [4.69, 9.17) is 19.5 Å². The summed E-state index contributed by atoms with van der Waals surface area (Å²) in [6, 6.07) is 6.22. The fourth-order valence-electron chi connectivity index (χ4n) is 2.24. The molecule has 0 radical (unpaired) electrons. The smallest absolute Gasteiger partial charge is 0.408 e. The van der Waals surface area contributed by atoms with Crippen LogP contribution in [0, 0.1) is 17.2 Å². The van der Waals surface area contributed by atoms with E-state index < -0.39 is 18.0 Å². The molecule has 2 amide bonds. The van der Waals surface area contributed by atoms with Crippen molar-refractivity contribution in [2.45, 2.75) is 32.9 Å². The van der Waals surface area contributed by atoms with Gasteiger partial charge in [0, 0.05) is 6.07 Å². The number of ether oxygens (including phenoxy) is 3. The molecule has 0 saturated heterocycles. The number of nitrogens with zero attached hydrogens (tertiary/aromatic N) is 1. The summed E-state index contributed by atoms with van der Waals surface area (Å²) < 4.78 is 15.5. The van der Waals surface area contributed by atoms with Crippen LogP contribution in [0.1, 0.15) is 25.8 Å². The number of nitriles is 1. The number of alkyl carbamates (subject to hydrolysis) is 1. The van der Waals surface area contributed by atoms with Gasteiger partial charge in [-0.1, -0.05) is 13.8 Å². The van der Waals surface area contributed by atoms with Gasteiger partial charge in [0.05, 0.1) is 20.3 Å². The minimum atomic E-state index is -0.768. The number of carbonyl (C=O) groups excluding carboxylic acids is 2. The van der Waals surface area contributed by atoms with Crippen LogP contribution < -0.4 is 20.1 Å². The third-order valence-corrected chi connectivity index (χ3v) is 3.44. The third kappa shape index (κ3) is 7.30. The molecule has 0 fully saturated rings. The summed E-state index contributed by atoms with van der Waals surface area (Å²) in [6.45, 7) is 3.74. The van der Waals surface area contributed by atoms with E-state index in [1.165, 1.54) is 14.2 Å². The van der Waals surface area contributed by atoms with E-state index in [0.29, 0.717) is 23.5 Å². The molecule has 0 aliphatic carbocycles. The minimum absolute atomic E-state index is 0.00634. The molecule has 0 aliphatic heterocycles. The molecule has 0 heterocycles. The van der Waals surface area contributed by atoms with E-state index >= 15 is 0 Å². The van der Waals surface area contributed by atoms with Crippen molar-refractivity contribution in [2.24, 2.45) is 5.92 Å². The highest BCUT2D eigenvalue weighted by atomic mass is 16.5. The highest BCUT2D eigenvalue weighted by Gasteiger charge is 2.22. The fourth-order valence-corrected chi connectivity index (χ4v) is 2.24. The Bertz CT molecular complexity index is 632. The van der Waals surface area contributed by atoms with Crippen molar-refractivity contribution in [3.05, 3.63) is 23.8 Å². The molecule has 1 rings (SSSR count). The molecule has 2 N–H and O–H groups in total. The molecular weight excluding hydrogens is 338 g/mol. The molecule has 142 valence electrons. The minimum Gasteiger partial charge on any atom is -0.497 e. The van der Waals surface area contributed by atoms with E-state index in [0.717, 1.165) is 0 Å². The third-order valence-electron chi connectivity index (χ3n) is 3.44. The van der Waals surface area contributed by atoms with Gasteiger partial charge >= 0.3 is 6.09 Å². The van der Waals surface area contributed by atoms with Crippen molar-refractivity contribution in [3.63, 3.8) is 0 Å². The van der Waals surface area contributed by atoms with Crippen LogP contribution in [0.25, 0.3) is 0 Å². The van der Waals surface area contributed by atoms with Crippen molar-refractivity contribution < 1.29 is 23.8 Å². The van der Waals surface area contributed by atoms with E-state index in [9.17, 15) is 9.59 Å². The predicted molar refractivity (Wildman–Crippen MR) is 94.7 cm³/mol. The first-order chi connectivity index (χ1) is 12.4. The molecule has 0 bridgehead atoms. The Morgan fingerprint density at radius 2 is 1.77 bits per heavy atom. The predicted octanol–water partition coefficient (Wildman–Crippen LogP) is 1.98. The molecule has 8 heteroatoms. The van der Waals surface area contributed by atoms with Crippen molar-refractivity contribution >= 4 is 12.0 Å². The van der Waals surface area contributed by atoms with Gasteiger partial charge in [-0.15, -0.1) is 0 Å². The Hall–Kier alpha value is -2.95. The number of nitrogens with one attached hydrogen (secondary N) is 2. The average molecular weight is 363 g/mol. The maximum Gasteiger partial charge on any atom is 0.408 e. The normalized spacial score (nSPS) is 11.2. The van der Waals surface area contributed by atoms with Crippen molar-refractivity contribution in [1.82, 2.24) is 10.6 Å². The molecule has 0 aromatic heterocycles. The van der Waals surface area contributed by atoms with E-state index in [2.05, 4.69) is 10.6 Å². The van der Waals surface area contributed by atoms with Crippen LogP contribution in [0.5, 0.6) is 11.5 Å². The topological polar surface area (TPSA) is 110 Å². The van der Waals surface area contributed by atoms with E-state index in [1.807, 2.05) is 19.9 Å². The monoisotopic (exact) mass is 363 g/mol.